The van der Waals surface area contributed by atoms with Crippen LogP contribution in [0.25, 0.3) is 16.9 Å². The van der Waals surface area contributed by atoms with E-state index in [0.29, 0.717) is 17.2 Å². The van der Waals surface area contributed by atoms with Gasteiger partial charge in [0.25, 0.3) is 0 Å². The highest BCUT2D eigenvalue weighted by molar-refractivity contribution is 5.94. The molecule has 1 N–H and O–H groups in total. The van der Waals surface area contributed by atoms with Gasteiger partial charge >= 0.3 is 0 Å². The molecule has 0 amide bonds. The highest BCUT2D eigenvalue weighted by Crippen LogP contribution is 2.22. The predicted octanol–water partition coefficient (Wildman–Crippen LogP) is 4.48. The molecule has 0 fully saturated rings. The van der Waals surface area contributed by atoms with Crippen molar-refractivity contribution < 1.29 is 9.18 Å². The summed E-state index contributed by atoms with van der Waals surface area (Å²) in [7, 11) is 0. The Balaban J connectivity index is 1.69. The highest BCUT2D eigenvalue weighted by Gasteiger charge is 2.10. The summed E-state index contributed by atoms with van der Waals surface area (Å²) in [5.41, 5.74) is 3.53. The Morgan fingerprint density at radius 3 is 2.54 bits per heavy atom. The summed E-state index contributed by atoms with van der Waals surface area (Å²) in [5, 5.41) is 7.60. The largest absolute Gasteiger partial charge is 0.323 e. The molecule has 128 valence electrons. The molecular formula is C20H15FN4O. The van der Waals surface area contributed by atoms with Crippen LogP contribution in [0.3, 0.4) is 0 Å². The van der Waals surface area contributed by atoms with Crippen molar-refractivity contribution in [2.75, 3.05) is 5.32 Å². The topological polar surface area (TPSA) is 59.3 Å². The highest BCUT2D eigenvalue weighted by atomic mass is 19.1. The van der Waals surface area contributed by atoms with Crippen molar-refractivity contribution in [3.63, 3.8) is 0 Å². The maximum Gasteiger partial charge on any atom is 0.247 e. The third-order valence-corrected chi connectivity index (χ3v) is 4.03. The smallest absolute Gasteiger partial charge is 0.247 e. The van der Waals surface area contributed by atoms with Crippen LogP contribution in [0, 0.1) is 5.82 Å². The molecule has 0 atom stereocenters. The minimum atomic E-state index is -0.302. The molecule has 2 aromatic carbocycles. The molecule has 5 nitrogen and oxygen atoms in total. The number of fused-ring (bicyclic) bond motifs is 1. The fourth-order valence-electron chi connectivity index (χ4n) is 2.74. The molecule has 2 aromatic heterocycles. The Hall–Kier alpha value is -3.54. The zero-order valence-electron chi connectivity index (χ0n) is 14.0. The molecule has 0 aliphatic carbocycles. The third-order valence-electron chi connectivity index (χ3n) is 4.03. The molecule has 0 unspecified atom stereocenters. The minimum absolute atomic E-state index is 0.0159. The summed E-state index contributed by atoms with van der Waals surface area (Å²) in [5.74, 6) is 0.134. The van der Waals surface area contributed by atoms with E-state index >= 15 is 0 Å². The van der Waals surface area contributed by atoms with E-state index in [4.69, 9.17) is 0 Å². The van der Waals surface area contributed by atoms with Crippen LogP contribution in [-0.4, -0.2) is 20.4 Å². The standard InChI is InChI=1S/C20H15FN4O/c1-13(26)14-8-10-17(11-9-14)22-20-23-19-7-3-6-18(25(19)24-20)15-4-2-5-16(21)12-15/h2-12H,1H3,(H,22,24). The first kappa shape index (κ1) is 16.0. The normalized spacial score (nSPS) is 10.8. The van der Waals surface area contributed by atoms with E-state index < -0.39 is 0 Å². The van der Waals surface area contributed by atoms with Crippen LogP contribution in [-0.2, 0) is 0 Å². The lowest BCUT2D eigenvalue weighted by molar-refractivity contribution is 0.101. The number of ketones is 1. The molecule has 0 spiro atoms. The number of nitrogens with zero attached hydrogens (tertiary/aromatic N) is 3. The zero-order valence-corrected chi connectivity index (χ0v) is 14.0. The first-order valence-electron chi connectivity index (χ1n) is 8.10. The van der Waals surface area contributed by atoms with Crippen molar-refractivity contribution in [3.8, 4) is 11.3 Å². The van der Waals surface area contributed by atoms with Crippen LogP contribution >= 0.6 is 0 Å². The maximum absolute atomic E-state index is 13.6. The van der Waals surface area contributed by atoms with Crippen LogP contribution < -0.4 is 5.32 Å². The molecule has 26 heavy (non-hydrogen) atoms. The molecule has 0 saturated heterocycles. The van der Waals surface area contributed by atoms with E-state index in [1.165, 1.54) is 19.1 Å². The summed E-state index contributed by atoms with van der Waals surface area (Å²) >= 11 is 0. The summed E-state index contributed by atoms with van der Waals surface area (Å²) in [6.07, 6.45) is 0. The average molecular weight is 346 g/mol. The molecule has 0 radical (unpaired) electrons. The zero-order chi connectivity index (χ0) is 18.1. The molecule has 4 aromatic rings. The summed E-state index contributed by atoms with van der Waals surface area (Å²) < 4.78 is 15.2. The molecule has 0 aliphatic heterocycles. The van der Waals surface area contributed by atoms with Crippen molar-refractivity contribution >= 4 is 23.1 Å². The van der Waals surface area contributed by atoms with Gasteiger partial charge in [-0.05, 0) is 55.5 Å². The van der Waals surface area contributed by atoms with Gasteiger partial charge in [0.05, 0.1) is 5.69 Å². The number of halogens is 1. The molecule has 2 heterocycles. The second kappa shape index (κ2) is 6.40. The van der Waals surface area contributed by atoms with Gasteiger partial charge < -0.3 is 5.32 Å². The number of aromatic nitrogens is 3. The molecule has 0 saturated carbocycles. The van der Waals surface area contributed by atoms with Gasteiger partial charge in [-0.2, -0.15) is 4.98 Å². The molecule has 6 heteroatoms. The average Bonchev–Trinajstić information content (AvgIpc) is 3.04. The lowest BCUT2D eigenvalue weighted by Crippen LogP contribution is -1.97. The number of pyridine rings is 1. The van der Waals surface area contributed by atoms with Gasteiger partial charge in [0.2, 0.25) is 5.95 Å². The number of Topliss-reactive ketones (excluding diaryl/α,β-unsaturated/α-hetero) is 1. The Morgan fingerprint density at radius 2 is 1.81 bits per heavy atom. The molecule has 4 rings (SSSR count). The fourth-order valence-corrected chi connectivity index (χ4v) is 2.74. The number of anilines is 2. The summed E-state index contributed by atoms with van der Waals surface area (Å²) in [4.78, 5) is 15.8. The van der Waals surface area contributed by atoms with E-state index in [9.17, 15) is 9.18 Å². The van der Waals surface area contributed by atoms with Gasteiger partial charge in [0.15, 0.2) is 11.4 Å². The monoisotopic (exact) mass is 346 g/mol. The Kier molecular flexibility index (Phi) is 3.93. The lowest BCUT2D eigenvalue weighted by atomic mass is 10.1. The van der Waals surface area contributed by atoms with Crippen molar-refractivity contribution in [1.82, 2.24) is 14.6 Å². The second-order valence-electron chi connectivity index (χ2n) is 5.89. The summed E-state index contributed by atoms with van der Waals surface area (Å²) in [6, 6.07) is 19.0. The van der Waals surface area contributed by atoms with Crippen LogP contribution in [0.2, 0.25) is 0 Å². The van der Waals surface area contributed by atoms with Crippen molar-refractivity contribution in [3.05, 3.63) is 78.1 Å². The van der Waals surface area contributed by atoms with Crippen LogP contribution in [0.1, 0.15) is 17.3 Å². The number of carbonyl (C=O) groups is 1. The predicted molar refractivity (Wildman–Crippen MR) is 98.1 cm³/mol. The Morgan fingerprint density at radius 1 is 1.04 bits per heavy atom. The third kappa shape index (κ3) is 3.04. The molecule has 0 aliphatic rings. The fraction of sp³-hybridized carbons (Fsp3) is 0.0500. The molecular weight excluding hydrogens is 331 g/mol. The molecule has 0 bridgehead atoms. The number of nitrogens with one attached hydrogen (secondary N) is 1. The quantitative estimate of drug-likeness (QED) is 0.554. The van der Waals surface area contributed by atoms with Gasteiger partial charge in [-0.1, -0.05) is 18.2 Å². The number of hydrogen-bond donors (Lipinski definition) is 1. The number of benzene rings is 2. The van der Waals surface area contributed by atoms with E-state index in [2.05, 4.69) is 15.4 Å². The Bertz CT molecular complexity index is 1100. The van der Waals surface area contributed by atoms with E-state index in [1.807, 2.05) is 24.3 Å². The summed E-state index contributed by atoms with van der Waals surface area (Å²) in [6.45, 7) is 1.53. The SMILES string of the molecule is CC(=O)c1ccc(Nc2nc3cccc(-c4cccc(F)c4)n3n2)cc1. The Labute approximate surface area is 149 Å². The van der Waals surface area contributed by atoms with Crippen LogP contribution in [0.4, 0.5) is 16.0 Å². The van der Waals surface area contributed by atoms with Crippen LogP contribution in [0.5, 0.6) is 0 Å². The van der Waals surface area contributed by atoms with Gasteiger partial charge in [-0.3, -0.25) is 4.79 Å². The minimum Gasteiger partial charge on any atom is -0.323 e. The first-order chi connectivity index (χ1) is 12.6. The van der Waals surface area contributed by atoms with Crippen molar-refractivity contribution in [2.45, 2.75) is 6.92 Å². The van der Waals surface area contributed by atoms with E-state index in [1.54, 1.807) is 34.8 Å². The van der Waals surface area contributed by atoms with Gasteiger partial charge in [-0.15, -0.1) is 5.10 Å². The van der Waals surface area contributed by atoms with Crippen molar-refractivity contribution in [2.24, 2.45) is 0 Å². The number of carbonyl (C=O) groups excluding carboxylic acids is 1. The van der Waals surface area contributed by atoms with Crippen LogP contribution in [0.15, 0.2) is 66.7 Å². The second-order valence-corrected chi connectivity index (χ2v) is 5.89. The number of rotatable bonds is 4. The van der Waals surface area contributed by atoms with Gasteiger partial charge in [0, 0.05) is 16.8 Å². The van der Waals surface area contributed by atoms with Gasteiger partial charge in [0.1, 0.15) is 5.82 Å². The number of hydrogen-bond acceptors (Lipinski definition) is 4. The van der Waals surface area contributed by atoms with Gasteiger partial charge in [-0.25, -0.2) is 8.91 Å². The van der Waals surface area contributed by atoms with E-state index in [0.717, 1.165) is 16.9 Å². The maximum atomic E-state index is 13.6. The lowest BCUT2D eigenvalue weighted by Gasteiger charge is -2.04. The van der Waals surface area contributed by atoms with E-state index in [-0.39, 0.29) is 11.6 Å². The first-order valence-corrected chi connectivity index (χ1v) is 8.10. The van der Waals surface area contributed by atoms with Crippen molar-refractivity contribution in [1.29, 1.82) is 0 Å².